The van der Waals surface area contributed by atoms with Crippen LogP contribution in [0.25, 0.3) is 0 Å². The van der Waals surface area contributed by atoms with E-state index in [1.54, 1.807) is 0 Å². The molecule has 2 aliphatic heterocycles. The number of hydrogen-bond acceptors (Lipinski definition) is 4. The van der Waals surface area contributed by atoms with Crippen LogP contribution >= 0.6 is 36.4 Å². The van der Waals surface area contributed by atoms with Crippen LogP contribution in [0.1, 0.15) is 19.3 Å². The van der Waals surface area contributed by atoms with Crippen LogP contribution in [0, 0.1) is 11.3 Å². The molecule has 2 N–H and O–H groups in total. The first kappa shape index (κ1) is 21.6. The molecular formula is C18H26Cl3N3O2. The predicted octanol–water partition coefficient (Wildman–Crippen LogP) is 3.35. The highest BCUT2D eigenvalue weighted by atomic mass is 35.5. The molecule has 0 bridgehead atoms. The Hall–Kier alpha value is -0.720. The number of para-hydroxylation sites is 1. The van der Waals surface area contributed by atoms with Crippen LogP contribution in [0.5, 0.6) is 0 Å². The number of morpholine rings is 1. The van der Waals surface area contributed by atoms with Gasteiger partial charge in [-0.05, 0) is 49.9 Å². The Balaban J connectivity index is 0.00000121. The average Bonchev–Trinajstić information content (AvgIpc) is 3.29. The standard InChI is InChI=1S/C18H24ClN3O2.2ClH/c19-14-2-1-3-15(16(14)22-8-10-24-11-9-22)21-17(23)13-12-18(13)4-6-20-7-5-18;;/h1-3,13,20H,4-12H2,(H,21,23);2*1H. The summed E-state index contributed by atoms with van der Waals surface area (Å²) in [6, 6.07) is 5.73. The number of carbonyl (C=O) groups excluding carboxylic acids is 1. The topological polar surface area (TPSA) is 53.6 Å². The second kappa shape index (κ2) is 8.98. The number of carbonyl (C=O) groups is 1. The molecule has 1 aromatic rings. The van der Waals surface area contributed by atoms with Gasteiger partial charge in [0.15, 0.2) is 0 Å². The van der Waals surface area contributed by atoms with Crippen molar-refractivity contribution in [1.82, 2.24) is 5.32 Å². The lowest BCUT2D eigenvalue weighted by molar-refractivity contribution is -0.118. The van der Waals surface area contributed by atoms with E-state index < -0.39 is 0 Å². The van der Waals surface area contributed by atoms with E-state index in [0.29, 0.717) is 18.2 Å². The first-order chi connectivity index (χ1) is 11.7. The maximum atomic E-state index is 12.8. The highest BCUT2D eigenvalue weighted by molar-refractivity contribution is 6.34. The van der Waals surface area contributed by atoms with Gasteiger partial charge in [0.25, 0.3) is 0 Å². The smallest absolute Gasteiger partial charge is 0.228 e. The molecule has 1 aliphatic carbocycles. The van der Waals surface area contributed by atoms with Crippen molar-refractivity contribution in [3.8, 4) is 0 Å². The molecule has 5 nitrogen and oxygen atoms in total. The summed E-state index contributed by atoms with van der Waals surface area (Å²) < 4.78 is 5.43. The Labute approximate surface area is 172 Å². The average molecular weight is 423 g/mol. The van der Waals surface area contributed by atoms with Crippen LogP contribution in [0.15, 0.2) is 18.2 Å². The molecule has 146 valence electrons. The van der Waals surface area contributed by atoms with E-state index in [1.165, 1.54) is 0 Å². The SMILES string of the molecule is Cl.Cl.O=C(Nc1cccc(Cl)c1N1CCOCC1)C1CC12CCNCC2. The minimum absolute atomic E-state index is 0. The van der Waals surface area contributed by atoms with E-state index in [9.17, 15) is 4.79 Å². The fraction of sp³-hybridized carbons (Fsp3) is 0.611. The van der Waals surface area contributed by atoms with Crippen molar-refractivity contribution < 1.29 is 9.53 Å². The zero-order valence-electron chi connectivity index (χ0n) is 14.6. The Morgan fingerprint density at radius 2 is 1.92 bits per heavy atom. The summed E-state index contributed by atoms with van der Waals surface area (Å²) >= 11 is 6.44. The zero-order chi connectivity index (χ0) is 16.6. The molecule has 1 spiro atoms. The first-order valence-corrected chi connectivity index (χ1v) is 9.20. The Kier molecular flexibility index (Phi) is 7.45. The molecule has 0 radical (unpaired) electrons. The third kappa shape index (κ3) is 4.23. The number of nitrogens with zero attached hydrogens (tertiary/aromatic N) is 1. The fourth-order valence-corrected chi connectivity index (χ4v) is 4.43. The maximum absolute atomic E-state index is 12.8. The van der Waals surface area contributed by atoms with Crippen molar-refractivity contribution in [3.05, 3.63) is 23.2 Å². The highest BCUT2D eigenvalue weighted by Gasteiger charge is 2.57. The van der Waals surface area contributed by atoms with Crippen molar-refractivity contribution in [3.63, 3.8) is 0 Å². The van der Waals surface area contributed by atoms with E-state index in [4.69, 9.17) is 16.3 Å². The molecule has 1 unspecified atom stereocenters. The summed E-state index contributed by atoms with van der Waals surface area (Å²) in [5, 5.41) is 7.22. The second-order valence-electron chi connectivity index (χ2n) is 7.09. The molecular weight excluding hydrogens is 397 g/mol. The lowest BCUT2D eigenvalue weighted by atomic mass is 9.92. The minimum Gasteiger partial charge on any atom is -0.378 e. The number of anilines is 2. The van der Waals surface area contributed by atoms with E-state index >= 15 is 0 Å². The minimum atomic E-state index is 0. The van der Waals surface area contributed by atoms with Gasteiger partial charge in [-0.1, -0.05) is 17.7 Å². The molecule has 3 fully saturated rings. The van der Waals surface area contributed by atoms with Crippen molar-refractivity contribution in [2.75, 3.05) is 49.6 Å². The molecule has 1 aromatic carbocycles. The van der Waals surface area contributed by atoms with Crippen molar-refractivity contribution in [1.29, 1.82) is 0 Å². The van der Waals surface area contributed by atoms with Gasteiger partial charge in [0.1, 0.15) is 0 Å². The van der Waals surface area contributed by atoms with Crippen LogP contribution in [0.4, 0.5) is 11.4 Å². The van der Waals surface area contributed by atoms with Gasteiger partial charge < -0.3 is 20.3 Å². The van der Waals surface area contributed by atoms with Crippen LogP contribution < -0.4 is 15.5 Å². The number of benzene rings is 1. The van der Waals surface area contributed by atoms with Crippen LogP contribution in [-0.4, -0.2) is 45.3 Å². The maximum Gasteiger partial charge on any atom is 0.228 e. The zero-order valence-corrected chi connectivity index (χ0v) is 17.0. The van der Waals surface area contributed by atoms with Crippen molar-refractivity contribution in [2.24, 2.45) is 11.3 Å². The van der Waals surface area contributed by atoms with Gasteiger partial charge in [-0.2, -0.15) is 0 Å². The number of nitrogens with one attached hydrogen (secondary N) is 2. The number of hydrogen-bond donors (Lipinski definition) is 2. The summed E-state index contributed by atoms with van der Waals surface area (Å²) in [6.45, 7) is 5.03. The van der Waals surface area contributed by atoms with Gasteiger partial charge >= 0.3 is 0 Å². The summed E-state index contributed by atoms with van der Waals surface area (Å²) in [5.41, 5.74) is 1.99. The third-order valence-corrected chi connectivity index (χ3v) is 5.98. The van der Waals surface area contributed by atoms with Gasteiger partial charge in [-0.25, -0.2) is 0 Å². The number of rotatable bonds is 3. The quantitative estimate of drug-likeness (QED) is 0.784. The molecule has 0 aromatic heterocycles. The Morgan fingerprint density at radius 1 is 1.23 bits per heavy atom. The van der Waals surface area contributed by atoms with Gasteiger partial charge in [0.2, 0.25) is 5.91 Å². The van der Waals surface area contributed by atoms with E-state index in [1.807, 2.05) is 18.2 Å². The van der Waals surface area contributed by atoms with Gasteiger partial charge in [0.05, 0.1) is 29.6 Å². The van der Waals surface area contributed by atoms with Crippen molar-refractivity contribution >= 4 is 53.7 Å². The molecule has 3 aliphatic rings. The van der Waals surface area contributed by atoms with E-state index in [0.717, 1.165) is 56.8 Å². The molecule has 2 saturated heterocycles. The number of ether oxygens (including phenoxy) is 1. The molecule has 1 atom stereocenters. The summed E-state index contributed by atoms with van der Waals surface area (Å²) in [4.78, 5) is 15.0. The second-order valence-corrected chi connectivity index (χ2v) is 7.50. The molecule has 1 saturated carbocycles. The largest absolute Gasteiger partial charge is 0.378 e. The molecule has 1 amide bonds. The number of piperidine rings is 1. The van der Waals surface area contributed by atoms with Crippen LogP contribution in [0.2, 0.25) is 5.02 Å². The van der Waals surface area contributed by atoms with Gasteiger partial charge in [-0.3, -0.25) is 4.79 Å². The first-order valence-electron chi connectivity index (χ1n) is 8.82. The highest BCUT2D eigenvalue weighted by Crippen LogP contribution is 2.59. The Bertz CT molecular complexity index is 632. The monoisotopic (exact) mass is 421 g/mol. The molecule has 8 heteroatoms. The van der Waals surface area contributed by atoms with Gasteiger partial charge in [0, 0.05) is 19.0 Å². The normalized spacial score (nSPS) is 23.6. The summed E-state index contributed by atoms with van der Waals surface area (Å²) in [6.07, 6.45) is 3.24. The predicted molar refractivity (Wildman–Crippen MR) is 110 cm³/mol. The van der Waals surface area contributed by atoms with E-state index in [2.05, 4.69) is 15.5 Å². The number of halogens is 3. The fourth-order valence-electron chi connectivity index (χ4n) is 4.14. The van der Waals surface area contributed by atoms with E-state index in [-0.39, 0.29) is 42.1 Å². The summed E-state index contributed by atoms with van der Waals surface area (Å²) in [5.74, 6) is 0.296. The van der Waals surface area contributed by atoms with Crippen LogP contribution in [-0.2, 0) is 9.53 Å². The van der Waals surface area contributed by atoms with Crippen LogP contribution in [0.3, 0.4) is 0 Å². The molecule has 26 heavy (non-hydrogen) atoms. The Morgan fingerprint density at radius 3 is 2.62 bits per heavy atom. The molecule has 2 heterocycles. The lowest BCUT2D eigenvalue weighted by Gasteiger charge is -2.31. The molecule has 4 rings (SSSR count). The van der Waals surface area contributed by atoms with Gasteiger partial charge in [-0.15, -0.1) is 24.8 Å². The number of amides is 1. The van der Waals surface area contributed by atoms with Crippen molar-refractivity contribution in [2.45, 2.75) is 19.3 Å². The summed E-state index contributed by atoms with van der Waals surface area (Å²) in [7, 11) is 0. The lowest BCUT2D eigenvalue weighted by Crippen LogP contribution is -2.37. The third-order valence-electron chi connectivity index (χ3n) is 5.68.